The van der Waals surface area contributed by atoms with Gasteiger partial charge < -0.3 is 14.2 Å². The molecule has 148 valence electrons. The Labute approximate surface area is 166 Å². The molecule has 3 aromatic heterocycles. The van der Waals surface area contributed by atoms with Crippen LogP contribution in [0.5, 0.6) is 0 Å². The minimum absolute atomic E-state index is 0.0533. The maximum Gasteiger partial charge on any atom is 0.260 e. The second-order valence-electron chi connectivity index (χ2n) is 6.46. The lowest BCUT2D eigenvalue weighted by atomic mass is 10.2. The predicted molar refractivity (Wildman–Crippen MR) is 105 cm³/mol. The van der Waals surface area contributed by atoms with Gasteiger partial charge in [-0.2, -0.15) is 0 Å². The fourth-order valence-corrected chi connectivity index (χ4v) is 3.39. The highest BCUT2D eigenvalue weighted by atomic mass is 32.1. The molecule has 3 aromatic rings. The van der Waals surface area contributed by atoms with Gasteiger partial charge in [-0.25, -0.2) is 4.98 Å². The van der Waals surface area contributed by atoms with Crippen LogP contribution in [0, 0.1) is 6.92 Å². The Morgan fingerprint density at radius 3 is 2.71 bits per heavy atom. The molecule has 0 bridgehead atoms. The summed E-state index contributed by atoms with van der Waals surface area (Å²) >= 11 is 1.27. The molecule has 0 aliphatic carbocycles. The smallest absolute Gasteiger partial charge is 0.260 e. The number of nitrogens with zero attached hydrogens (tertiary/aromatic N) is 2. The van der Waals surface area contributed by atoms with Crippen molar-refractivity contribution >= 4 is 28.3 Å². The van der Waals surface area contributed by atoms with Crippen LogP contribution in [-0.2, 0) is 11.2 Å². The van der Waals surface area contributed by atoms with Gasteiger partial charge in [-0.05, 0) is 39.2 Å². The number of amides is 2. The minimum Gasteiger partial charge on any atom is -0.469 e. The Balaban J connectivity index is 1.52. The molecule has 2 N–H and O–H groups in total. The van der Waals surface area contributed by atoms with Crippen molar-refractivity contribution in [2.45, 2.75) is 19.4 Å². The number of carbonyl (C=O) groups is 2. The van der Waals surface area contributed by atoms with E-state index in [2.05, 4.69) is 15.6 Å². The van der Waals surface area contributed by atoms with Crippen molar-refractivity contribution in [3.8, 4) is 0 Å². The number of hydrogen-bond acceptors (Lipinski definition) is 7. The Morgan fingerprint density at radius 2 is 2.07 bits per heavy atom. The van der Waals surface area contributed by atoms with E-state index in [1.165, 1.54) is 17.6 Å². The van der Waals surface area contributed by atoms with Gasteiger partial charge >= 0.3 is 0 Å². The maximum absolute atomic E-state index is 12.3. The molecule has 0 saturated carbocycles. The van der Waals surface area contributed by atoms with Crippen molar-refractivity contribution in [2.75, 3.05) is 26.0 Å². The molecule has 28 heavy (non-hydrogen) atoms. The van der Waals surface area contributed by atoms with Gasteiger partial charge in [-0.1, -0.05) is 0 Å². The molecule has 0 unspecified atom stereocenters. The van der Waals surface area contributed by atoms with Crippen LogP contribution in [0.15, 0.2) is 44.9 Å². The number of thiazole rings is 1. The van der Waals surface area contributed by atoms with E-state index in [0.717, 1.165) is 5.76 Å². The molecule has 1 atom stereocenters. The van der Waals surface area contributed by atoms with Crippen LogP contribution >= 0.6 is 11.3 Å². The molecule has 2 amide bonds. The third-order valence-corrected chi connectivity index (χ3v) is 5.01. The van der Waals surface area contributed by atoms with Gasteiger partial charge in [0.1, 0.15) is 11.5 Å². The Kier molecular flexibility index (Phi) is 6.27. The number of aromatic nitrogens is 1. The predicted octanol–water partition coefficient (Wildman–Crippen LogP) is 2.85. The average Bonchev–Trinajstić information content (AvgIpc) is 3.37. The van der Waals surface area contributed by atoms with E-state index in [1.807, 2.05) is 31.1 Å². The highest BCUT2D eigenvalue weighted by Gasteiger charge is 2.19. The lowest BCUT2D eigenvalue weighted by Crippen LogP contribution is -2.35. The van der Waals surface area contributed by atoms with Crippen LogP contribution < -0.4 is 10.6 Å². The highest BCUT2D eigenvalue weighted by molar-refractivity contribution is 7.14. The fourth-order valence-electron chi connectivity index (χ4n) is 2.69. The molecule has 0 saturated heterocycles. The summed E-state index contributed by atoms with van der Waals surface area (Å²) < 4.78 is 10.6. The van der Waals surface area contributed by atoms with E-state index in [-0.39, 0.29) is 24.3 Å². The summed E-state index contributed by atoms with van der Waals surface area (Å²) in [6.07, 6.45) is 3.21. The summed E-state index contributed by atoms with van der Waals surface area (Å²) in [5, 5.41) is 7.82. The highest BCUT2D eigenvalue weighted by Crippen LogP contribution is 2.19. The number of anilines is 1. The van der Waals surface area contributed by atoms with Gasteiger partial charge in [0.15, 0.2) is 5.13 Å². The monoisotopic (exact) mass is 402 g/mol. The van der Waals surface area contributed by atoms with Gasteiger partial charge in [0.2, 0.25) is 5.91 Å². The van der Waals surface area contributed by atoms with E-state index in [9.17, 15) is 9.59 Å². The number of nitrogens with one attached hydrogen (secondary N) is 2. The lowest BCUT2D eigenvalue weighted by Gasteiger charge is -2.22. The summed E-state index contributed by atoms with van der Waals surface area (Å²) in [4.78, 5) is 30.7. The van der Waals surface area contributed by atoms with Crippen molar-refractivity contribution in [3.63, 3.8) is 0 Å². The van der Waals surface area contributed by atoms with Crippen molar-refractivity contribution < 1.29 is 18.4 Å². The topological polar surface area (TPSA) is 101 Å². The van der Waals surface area contributed by atoms with E-state index in [0.29, 0.717) is 28.7 Å². The number of furan rings is 2. The van der Waals surface area contributed by atoms with Gasteiger partial charge in [-0.15, -0.1) is 11.3 Å². The lowest BCUT2D eigenvalue weighted by molar-refractivity contribution is -0.120. The molecule has 3 rings (SSSR count). The van der Waals surface area contributed by atoms with Crippen molar-refractivity contribution in [1.29, 1.82) is 0 Å². The molecule has 0 aliphatic heterocycles. The normalized spacial score (nSPS) is 12.1. The molecule has 0 spiro atoms. The molecular formula is C19H22N4O4S. The average molecular weight is 402 g/mol. The van der Waals surface area contributed by atoms with Crippen molar-refractivity contribution in [3.05, 3.63) is 58.9 Å². The zero-order valence-electron chi connectivity index (χ0n) is 15.9. The Bertz CT molecular complexity index is 930. The summed E-state index contributed by atoms with van der Waals surface area (Å²) in [5.41, 5.74) is 1.06. The standard InChI is InChI=1S/C19H22N4O4S/c1-12-14(6-8-26-12)18(25)22-19-21-13(11-28-19)9-17(24)20-10-15(23(2)3)16-5-4-7-27-16/h4-8,11,15H,9-10H2,1-3H3,(H,20,24)(H,21,22,25)/t15-/m1/s1. The summed E-state index contributed by atoms with van der Waals surface area (Å²) in [6, 6.07) is 5.26. The quantitative estimate of drug-likeness (QED) is 0.601. The summed E-state index contributed by atoms with van der Waals surface area (Å²) in [6.45, 7) is 2.14. The first-order valence-corrected chi connectivity index (χ1v) is 9.58. The van der Waals surface area contributed by atoms with Gasteiger partial charge in [-0.3, -0.25) is 19.8 Å². The van der Waals surface area contributed by atoms with Crippen LogP contribution in [0.1, 0.15) is 33.6 Å². The zero-order chi connectivity index (χ0) is 20.1. The van der Waals surface area contributed by atoms with Gasteiger partial charge in [0, 0.05) is 11.9 Å². The number of aryl methyl sites for hydroxylation is 1. The van der Waals surface area contributed by atoms with Crippen molar-refractivity contribution in [2.24, 2.45) is 0 Å². The third-order valence-electron chi connectivity index (χ3n) is 4.20. The van der Waals surface area contributed by atoms with Crippen LogP contribution in [0.4, 0.5) is 5.13 Å². The minimum atomic E-state index is -0.288. The van der Waals surface area contributed by atoms with Gasteiger partial charge in [0.25, 0.3) is 5.91 Å². The molecule has 3 heterocycles. The molecule has 8 nitrogen and oxygen atoms in total. The second-order valence-corrected chi connectivity index (χ2v) is 7.32. The first kappa shape index (κ1) is 19.8. The number of hydrogen-bond donors (Lipinski definition) is 2. The van der Waals surface area contributed by atoms with Gasteiger partial charge in [0.05, 0.1) is 36.2 Å². The number of likely N-dealkylation sites (N-methyl/N-ethyl adjacent to an activating group) is 1. The largest absolute Gasteiger partial charge is 0.469 e. The first-order chi connectivity index (χ1) is 13.4. The van der Waals surface area contributed by atoms with E-state index >= 15 is 0 Å². The van der Waals surface area contributed by atoms with E-state index in [4.69, 9.17) is 8.83 Å². The molecule has 0 aliphatic rings. The van der Waals surface area contributed by atoms with Crippen LogP contribution in [-0.4, -0.2) is 42.3 Å². The third kappa shape index (κ3) is 4.87. The molecule has 9 heteroatoms. The summed E-state index contributed by atoms with van der Waals surface area (Å²) in [7, 11) is 3.85. The van der Waals surface area contributed by atoms with Crippen molar-refractivity contribution in [1.82, 2.24) is 15.2 Å². The first-order valence-electron chi connectivity index (χ1n) is 8.70. The fraction of sp³-hybridized carbons (Fsp3) is 0.316. The van der Waals surface area contributed by atoms with Crippen LogP contribution in [0.3, 0.4) is 0 Å². The molecule has 0 fully saturated rings. The zero-order valence-corrected chi connectivity index (χ0v) is 16.7. The molecule has 0 aromatic carbocycles. The van der Waals surface area contributed by atoms with Crippen LogP contribution in [0.25, 0.3) is 0 Å². The Hall–Kier alpha value is -2.91. The SMILES string of the molecule is Cc1occc1C(=O)Nc1nc(CC(=O)NC[C@H](c2ccco2)N(C)C)cs1. The second kappa shape index (κ2) is 8.85. The maximum atomic E-state index is 12.3. The molecule has 0 radical (unpaired) electrons. The summed E-state index contributed by atoms with van der Waals surface area (Å²) in [5.74, 6) is 0.898. The van der Waals surface area contributed by atoms with Crippen LogP contribution in [0.2, 0.25) is 0 Å². The van der Waals surface area contributed by atoms with E-state index < -0.39 is 0 Å². The van der Waals surface area contributed by atoms with E-state index in [1.54, 1.807) is 24.6 Å². The number of carbonyl (C=O) groups excluding carboxylic acids is 2. The molecular weight excluding hydrogens is 380 g/mol. The number of rotatable bonds is 8. The Morgan fingerprint density at radius 1 is 1.25 bits per heavy atom.